The van der Waals surface area contributed by atoms with Crippen LogP contribution in [-0.4, -0.2) is 46.1 Å². The maximum Gasteiger partial charge on any atom is 0.183 e. The number of halogens is 1. The van der Waals surface area contributed by atoms with Crippen molar-refractivity contribution < 1.29 is 4.39 Å². The third kappa shape index (κ3) is 3.15. The maximum atomic E-state index is 13.9. The van der Waals surface area contributed by atoms with Crippen molar-refractivity contribution in [1.29, 1.82) is 0 Å². The zero-order valence-corrected chi connectivity index (χ0v) is 14.7. The summed E-state index contributed by atoms with van der Waals surface area (Å²) in [7, 11) is 0. The van der Waals surface area contributed by atoms with Crippen molar-refractivity contribution >= 4 is 11.6 Å². The van der Waals surface area contributed by atoms with E-state index in [1.165, 1.54) is 30.9 Å². The first kappa shape index (κ1) is 16.2. The smallest absolute Gasteiger partial charge is 0.183 e. The second-order valence-electron chi connectivity index (χ2n) is 6.77. The lowest BCUT2D eigenvalue weighted by molar-refractivity contribution is 0.580. The van der Waals surface area contributed by atoms with Crippen LogP contribution in [0.5, 0.6) is 0 Å². The lowest BCUT2D eigenvalue weighted by Gasteiger charge is -2.37. The van der Waals surface area contributed by atoms with Crippen molar-refractivity contribution in [2.75, 3.05) is 36.0 Å². The third-order valence-electron chi connectivity index (χ3n) is 5.03. The molecule has 0 N–H and O–H groups in total. The van der Waals surface area contributed by atoms with E-state index in [1.54, 1.807) is 0 Å². The molecule has 0 radical (unpaired) electrons. The largest absolute Gasteiger partial charge is 0.353 e. The first-order valence-electron chi connectivity index (χ1n) is 9.00. The number of hydrogen-bond acceptors (Lipinski definition) is 6. The van der Waals surface area contributed by atoms with Crippen LogP contribution in [0.4, 0.5) is 16.0 Å². The van der Waals surface area contributed by atoms with Gasteiger partial charge in [0.15, 0.2) is 11.6 Å². The average molecular weight is 342 g/mol. The zero-order chi connectivity index (χ0) is 17.4. The number of nitrogens with zero attached hydrogens (tertiary/aromatic N) is 6. The fourth-order valence-corrected chi connectivity index (χ4v) is 3.47. The van der Waals surface area contributed by atoms with E-state index in [4.69, 9.17) is 9.97 Å². The SMILES string of the molecule is CCc1c(C)nc(C2CC2)nc1N1CCN(c2ncncc2F)CC1. The highest BCUT2D eigenvalue weighted by atomic mass is 19.1. The molecular weight excluding hydrogens is 319 g/mol. The summed E-state index contributed by atoms with van der Waals surface area (Å²) in [5.74, 6) is 2.63. The first-order chi connectivity index (χ1) is 12.2. The minimum atomic E-state index is -0.362. The molecule has 1 saturated heterocycles. The summed E-state index contributed by atoms with van der Waals surface area (Å²) in [6.07, 6.45) is 5.94. The Bertz CT molecular complexity index is 768. The summed E-state index contributed by atoms with van der Waals surface area (Å²) in [6, 6.07) is 0. The number of piperazine rings is 1. The van der Waals surface area contributed by atoms with Gasteiger partial charge in [0.05, 0.1) is 6.20 Å². The lowest BCUT2D eigenvalue weighted by atomic mass is 10.1. The zero-order valence-electron chi connectivity index (χ0n) is 14.7. The highest BCUT2D eigenvalue weighted by Gasteiger charge is 2.30. The summed E-state index contributed by atoms with van der Waals surface area (Å²) < 4.78 is 13.9. The average Bonchev–Trinajstić information content (AvgIpc) is 3.47. The Hall–Kier alpha value is -2.31. The van der Waals surface area contributed by atoms with Crippen molar-refractivity contribution in [2.24, 2.45) is 0 Å². The van der Waals surface area contributed by atoms with E-state index in [-0.39, 0.29) is 5.82 Å². The van der Waals surface area contributed by atoms with Crippen molar-refractivity contribution in [3.05, 3.63) is 35.4 Å². The number of aryl methyl sites for hydroxylation is 1. The molecule has 2 aliphatic rings. The molecule has 7 heteroatoms. The van der Waals surface area contributed by atoms with Crippen LogP contribution in [0, 0.1) is 12.7 Å². The third-order valence-corrected chi connectivity index (χ3v) is 5.03. The van der Waals surface area contributed by atoms with Gasteiger partial charge in [0.1, 0.15) is 18.0 Å². The topological polar surface area (TPSA) is 58.0 Å². The molecular formula is C18H23FN6. The molecule has 1 aliphatic heterocycles. The predicted molar refractivity (Wildman–Crippen MR) is 94.5 cm³/mol. The van der Waals surface area contributed by atoms with Gasteiger partial charge in [0.25, 0.3) is 0 Å². The molecule has 0 bridgehead atoms. The summed E-state index contributed by atoms with van der Waals surface area (Å²) in [5, 5.41) is 0. The molecule has 0 unspecified atom stereocenters. The molecule has 0 atom stereocenters. The molecule has 132 valence electrons. The van der Waals surface area contributed by atoms with Crippen LogP contribution in [0.15, 0.2) is 12.5 Å². The number of hydrogen-bond donors (Lipinski definition) is 0. The second kappa shape index (κ2) is 6.54. The Morgan fingerprint density at radius 2 is 1.76 bits per heavy atom. The summed E-state index contributed by atoms with van der Waals surface area (Å²) >= 11 is 0. The standard InChI is InChI=1S/C18H23FN6/c1-3-14-12(2)22-16(13-4-5-13)23-17(14)24-6-8-25(9-7-24)18-15(19)10-20-11-21-18/h10-11,13H,3-9H2,1-2H3. The summed E-state index contributed by atoms with van der Waals surface area (Å²) in [5.41, 5.74) is 2.32. The first-order valence-corrected chi connectivity index (χ1v) is 9.00. The van der Waals surface area contributed by atoms with Crippen LogP contribution < -0.4 is 9.80 Å². The molecule has 1 aliphatic carbocycles. The van der Waals surface area contributed by atoms with Crippen LogP contribution in [0.1, 0.15) is 42.8 Å². The van der Waals surface area contributed by atoms with Gasteiger partial charge in [-0.05, 0) is 26.2 Å². The van der Waals surface area contributed by atoms with Crippen LogP contribution in [0.25, 0.3) is 0 Å². The molecule has 4 rings (SSSR count). The van der Waals surface area contributed by atoms with Gasteiger partial charge in [-0.3, -0.25) is 0 Å². The van der Waals surface area contributed by atoms with Gasteiger partial charge in [-0.1, -0.05) is 6.92 Å². The van der Waals surface area contributed by atoms with Gasteiger partial charge in [0, 0.05) is 43.4 Å². The van der Waals surface area contributed by atoms with E-state index >= 15 is 0 Å². The highest BCUT2D eigenvalue weighted by Crippen LogP contribution is 2.39. The van der Waals surface area contributed by atoms with Crippen molar-refractivity contribution in [3.8, 4) is 0 Å². The monoisotopic (exact) mass is 342 g/mol. The fourth-order valence-electron chi connectivity index (χ4n) is 3.47. The van der Waals surface area contributed by atoms with Crippen LogP contribution in [0.2, 0.25) is 0 Å². The molecule has 0 aromatic carbocycles. The fraction of sp³-hybridized carbons (Fsp3) is 0.556. The number of anilines is 2. The predicted octanol–water partition coefficient (Wildman–Crippen LogP) is 2.48. The highest BCUT2D eigenvalue weighted by molar-refractivity contribution is 5.52. The van der Waals surface area contributed by atoms with Gasteiger partial charge < -0.3 is 9.80 Å². The molecule has 0 amide bonds. The van der Waals surface area contributed by atoms with E-state index in [1.807, 2.05) is 4.90 Å². The van der Waals surface area contributed by atoms with E-state index in [9.17, 15) is 4.39 Å². The van der Waals surface area contributed by atoms with Crippen molar-refractivity contribution in [3.63, 3.8) is 0 Å². The molecule has 25 heavy (non-hydrogen) atoms. The lowest BCUT2D eigenvalue weighted by Crippen LogP contribution is -2.47. The number of aromatic nitrogens is 4. The van der Waals surface area contributed by atoms with Crippen LogP contribution in [-0.2, 0) is 6.42 Å². The van der Waals surface area contributed by atoms with Gasteiger partial charge in [-0.2, -0.15) is 0 Å². The molecule has 0 spiro atoms. The minimum absolute atomic E-state index is 0.362. The molecule has 3 heterocycles. The Labute approximate surface area is 147 Å². The van der Waals surface area contributed by atoms with Crippen molar-refractivity contribution in [2.45, 2.75) is 39.0 Å². The Balaban J connectivity index is 1.55. The van der Waals surface area contributed by atoms with E-state index in [0.717, 1.165) is 49.9 Å². The van der Waals surface area contributed by atoms with Crippen LogP contribution in [0.3, 0.4) is 0 Å². The molecule has 2 aromatic heterocycles. The van der Waals surface area contributed by atoms with Crippen molar-refractivity contribution in [1.82, 2.24) is 19.9 Å². The quantitative estimate of drug-likeness (QED) is 0.851. The van der Waals surface area contributed by atoms with Gasteiger partial charge in [-0.15, -0.1) is 0 Å². The molecule has 1 saturated carbocycles. The van der Waals surface area contributed by atoms with E-state index in [0.29, 0.717) is 11.7 Å². The Morgan fingerprint density at radius 3 is 2.36 bits per heavy atom. The summed E-state index contributed by atoms with van der Waals surface area (Å²) in [4.78, 5) is 21.7. The molecule has 2 aromatic rings. The Morgan fingerprint density at radius 1 is 1.08 bits per heavy atom. The Kier molecular flexibility index (Phi) is 4.23. The maximum absolute atomic E-state index is 13.9. The normalized spacial score (nSPS) is 17.9. The summed E-state index contributed by atoms with van der Waals surface area (Å²) in [6.45, 7) is 7.28. The number of rotatable bonds is 4. The van der Waals surface area contributed by atoms with Gasteiger partial charge in [0.2, 0.25) is 0 Å². The van der Waals surface area contributed by atoms with Crippen LogP contribution >= 0.6 is 0 Å². The molecule has 2 fully saturated rings. The van der Waals surface area contributed by atoms with Gasteiger partial charge >= 0.3 is 0 Å². The minimum Gasteiger partial charge on any atom is -0.353 e. The van der Waals surface area contributed by atoms with Gasteiger partial charge in [-0.25, -0.2) is 24.3 Å². The molecule has 6 nitrogen and oxygen atoms in total. The van der Waals surface area contributed by atoms with E-state index in [2.05, 4.69) is 28.7 Å². The van der Waals surface area contributed by atoms with E-state index < -0.39 is 0 Å². The second-order valence-corrected chi connectivity index (χ2v) is 6.77.